The van der Waals surface area contributed by atoms with Crippen LogP contribution in [0.3, 0.4) is 0 Å². The third kappa shape index (κ3) is 1.66. The average molecular weight is 213 g/mol. The summed E-state index contributed by atoms with van der Waals surface area (Å²) in [5.74, 6) is 0.513. The van der Waals surface area contributed by atoms with Crippen molar-refractivity contribution in [1.29, 1.82) is 0 Å². The Labute approximate surface area is 89.1 Å². The van der Waals surface area contributed by atoms with Crippen molar-refractivity contribution in [3.63, 3.8) is 0 Å². The van der Waals surface area contributed by atoms with Crippen molar-refractivity contribution in [2.45, 2.75) is 38.5 Å². The molecule has 1 aliphatic rings. The van der Waals surface area contributed by atoms with Crippen LogP contribution in [0.2, 0.25) is 5.02 Å². The highest BCUT2D eigenvalue weighted by molar-refractivity contribution is 6.31. The topological polar surface area (TPSA) is 0 Å². The molecule has 0 N–H and O–H groups in total. The van der Waals surface area contributed by atoms with E-state index in [2.05, 4.69) is 0 Å². The molecule has 0 nitrogen and oxygen atoms in total. The summed E-state index contributed by atoms with van der Waals surface area (Å²) in [6.07, 6.45) is 2.21. The number of benzene rings is 1. The Kier molecular flexibility index (Phi) is 2.52. The SMILES string of the molecule is CC(C)c1ccc(C2CC2)c(F)c1Cl. The van der Waals surface area contributed by atoms with E-state index in [1.54, 1.807) is 0 Å². The molecule has 0 bridgehead atoms. The zero-order chi connectivity index (χ0) is 10.3. The summed E-state index contributed by atoms with van der Waals surface area (Å²) in [5.41, 5.74) is 1.72. The van der Waals surface area contributed by atoms with E-state index in [9.17, 15) is 4.39 Å². The van der Waals surface area contributed by atoms with E-state index in [1.807, 2.05) is 26.0 Å². The van der Waals surface area contributed by atoms with Gasteiger partial charge in [0.2, 0.25) is 0 Å². The Hall–Kier alpha value is -0.560. The van der Waals surface area contributed by atoms with Crippen LogP contribution in [0.1, 0.15) is 49.7 Å². The molecule has 1 fully saturated rings. The summed E-state index contributed by atoms with van der Waals surface area (Å²) >= 11 is 5.99. The van der Waals surface area contributed by atoms with E-state index in [4.69, 9.17) is 11.6 Å². The van der Waals surface area contributed by atoms with Crippen molar-refractivity contribution in [2.24, 2.45) is 0 Å². The van der Waals surface area contributed by atoms with Gasteiger partial charge in [0.15, 0.2) is 0 Å². The van der Waals surface area contributed by atoms with Gasteiger partial charge >= 0.3 is 0 Å². The van der Waals surface area contributed by atoms with Gasteiger partial charge in [-0.15, -0.1) is 0 Å². The molecule has 2 rings (SSSR count). The van der Waals surface area contributed by atoms with Crippen LogP contribution in [0.25, 0.3) is 0 Å². The fourth-order valence-electron chi connectivity index (χ4n) is 1.73. The second kappa shape index (κ2) is 3.54. The highest BCUT2D eigenvalue weighted by atomic mass is 35.5. The van der Waals surface area contributed by atoms with Gasteiger partial charge in [-0.25, -0.2) is 4.39 Å². The molecule has 0 radical (unpaired) electrons. The smallest absolute Gasteiger partial charge is 0.145 e. The molecule has 1 aromatic rings. The number of rotatable bonds is 2. The maximum atomic E-state index is 13.8. The molecule has 1 saturated carbocycles. The molecule has 14 heavy (non-hydrogen) atoms. The molecule has 0 heterocycles. The van der Waals surface area contributed by atoms with Crippen LogP contribution in [-0.2, 0) is 0 Å². The summed E-state index contributed by atoms with van der Waals surface area (Å²) in [6, 6.07) is 3.86. The molecule has 1 aromatic carbocycles. The first-order valence-electron chi connectivity index (χ1n) is 5.09. The zero-order valence-corrected chi connectivity index (χ0v) is 9.24. The lowest BCUT2D eigenvalue weighted by molar-refractivity contribution is 0.607. The van der Waals surface area contributed by atoms with Gasteiger partial charge in [-0.2, -0.15) is 0 Å². The molecular formula is C12H14ClF. The van der Waals surface area contributed by atoms with Gasteiger partial charge in [-0.1, -0.05) is 37.6 Å². The molecule has 0 saturated heterocycles. The van der Waals surface area contributed by atoms with Crippen LogP contribution in [0, 0.1) is 5.82 Å². The van der Waals surface area contributed by atoms with E-state index < -0.39 is 0 Å². The molecule has 76 valence electrons. The lowest BCUT2D eigenvalue weighted by atomic mass is 9.99. The molecule has 0 unspecified atom stereocenters. The van der Waals surface area contributed by atoms with Crippen molar-refractivity contribution in [1.82, 2.24) is 0 Å². The quantitative estimate of drug-likeness (QED) is 0.678. The molecule has 0 aliphatic heterocycles. The highest BCUT2D eigenvalue weighted by Gasteiger charge is 2.28. The first-order valence-corrected chi connectivity index (χ1v) is 5.47. The van der Waals surface area contributed by atoms with Crippen LogP contribution in [0.4, 0.5) is 4.39 Å². The minimum Gasteiger partial charge on any atom is -0.205 e. The Morgan fingerprint density at radius 1 is 1.36 bits per heavy atom. The third-order valence-electron chi connectivity index (χ3n) is 2.78. The van der Waals surface area contributed by atoms with Gasteiger partial charge in [0.25, 0.3) is 0 Å². The Bertz CT molecular complexity index is 327. The number of hydrogen-bond donors (Lipinski definition) is 0. The van der Waals surface area contributed by atoms with Crippen LogP contribution in [-0.4, -0.2) is 0 Å². The molecule has 2 heteroatoms. The predicted octanol–water partition coefficient (Wildman–Crippen LogP) is 4.48. The second-order valence-electron chi connectivity index (χ2n) is 4.30. The van der Waals surface area contributed by atoms with Crippen molar-refractivity contribution >= 4 is 11.6 Å². The predicted molar refractivity (Wildman–Crippen MR) is 57.5 cm³/mol. The molecule has 0 spiro atoms. The first kappa shape index (κ1) is 9.97. The summed E-state index contributed by atoms with van der Waals surface area (Å²) < 4.78 is 13.8. The summed E-state index contributed by atoms with van der Waals surface area (Å²) in [6.45, 7) is 4.05. The standard InChI is InChI=1S/C12H14ClF/c1-7(2)9-5-6-10(8-3-4-8)12(14)11(9)13/h5-8H,3-4H2,1-2H3. The summed E-state index contributed by atoms with van der Waals surface area (Å²) in [4.78, 5) is 0. The molecule has 1 aliphatic carbocycles. The highest BCUT2D eigenvalue weighted by Crippen LogP contribution is 2.43. The minimum atomic E-state index is -0.194. The summed E-state index contributed by atoms with van der Waals surface area (Å²) in [5, 5.41) is 0.324. The van der Waals surface area contributed by atoms with Crippen LogP contribution >= 0.6 is 11.6 Å². The summed E-state index contributed by atoms with van der Waals surface area (Å²) in [7, 11) is 0. The van der Waals surface area contributed by atoms with Crippen molar-refractivity contribution in [3.05, 3.63) is 34.1 Å². The van der Waals surface area contributed by atoms with Crippen LogP contribution in [0.5, 0.6) is 0 Å². The lowest BCUT2D eigenvalue weighted by Gasteiger charge is -2.11. The fourth-order valence-corrected chi connectivity index (χ4v) is 2.13. The van der Waals surface area contributed by atoms with Crippen molar-refractivity contribution < 1.29 is 4.39 Å². The number of hydrogen-bond acceptors (Lipinski definition) is 0. The maximum absolute atomic E-state index is 13.8. The average Bonchev–Trinajstić information content (AvgIpc) is 2.92. The maximum Gasteiger partial charge on any atom is 0.145 e. The van der Waals surface area contributed by atoms with Gasteiger partial charge in [0.05, 0.1) is 5.02 Å². The first-order chi connectivity index (χ1) is 6.61. The van der Waals surface area contributed by atoms with Gasteiger partial charge in [-0.3, -0.25) is 0 Å². The Morgan fingerprint density at radius 3 is 2.50 bits per heavy atom. The lowest BCUT2D eigenvalue weighted by Crippen LogP contribution is -1.95. The van der Waals surface area contributed by atoms with Crippen molar-refractivity contribution in [3.8, 4) is 0 Å². The number of halogens is 2. The van der Waals surface area contributed by atoms with Gasteiger partial charge in [0, 0.05) is 0 Å². The van der Waals surface area contributed by atoms with E-state index >= 15 is 0 Å². The normalized spacial score (nSPS) is 16.4. The molecular weight excluding hydrogens is 199 g/mol. The van der Waals surface area contributed by atoms with Gasteiger partial charge in [0.1, 0.15) is 5.82 Å². The van der Waals surface area contributed by atoms with Crippen LogP contribution in [0.15, 0.2) is 12.1 Å². The molecule has 0 amide bonds. The van der Waals surface area contributed by atoms with E-state index in [1.165, 1.54) is 0 Å². The van der Waals surface area contributed by atoms with Crippen molar-refractivity contribution in [2.75, 3.05) is 0 Å². The van der Waals surface area contributed by atoms with Gasteiger partial charge in [-0.05, 0) is 35.8 Å². The molecule has 0 aromatic heterocycles. The Balaban J connectivity index is 2.44. The van der Waals surface area contributed by atoms with E-state index in [0.29, 0.717) is 10.9 Å². The minimum absolute atomic E-state index is 0.194. The fraction of sp³-hybridized carbons (Fsp3) is 0.500. The zero-order valence-electron chi connectivity index (χ0n) is 8.48. The van der Waals surface area contributed by atoms with E-state index in [-0.39, 0.29) is 11.7 Å². The van der Waals surface area contributed by atoms with E-state index in [0.717, 1.165) is 24.0 Å². The monoisotopic (exact) mass is 212 g/mol. The third-order valence-corrected chi connectivity index (χ3v) is 3.17. The largest absolute Gasteiger partial charge is 0.205 e. The van der Waals surface area contributed by atoms with Gasteiger partial charge < -0.3 is 0 Å². The second-order valence-corrected chi connectivity index (χ2v) is 4.68. The Morgan fingerprint density at radius 2 is 2.00 bits per heavy atom. The molecule has 0 atom stereocenters. The van der Waals surface area contributed by atoms with Crippen LogP contribution < -0.4 is 0 Å².